The van der Waals surface area contributed by atoms with Crippen LogP contribution in [0.15, 0.2) is 24.4 Å². The first-order valence-electron chi connectivity index (χ1n) is 6.80. The molecular formula is C14H20Cl2N4. The molecular weight excluding hydrogens is 295 g/mol. The summed E-state index contributed by atoms with van der Waals surface area (Å²) in [7, 11) is 0. The second-order valence-corrected chi connectivity index (χ2v) is 5.56. The quantitative estimate of drug-likeness (QED) is 0.895. The van der Waals surface area contributed by atoms with Crippen LogP contribution >= 0.6 is 24.8 Å². The largest absolute Gasteiger partial charge is 0.381 e. The Morgan fingerprint density at radius 3 is 2.70 bits per heavy atom. The molecule has 4 heterocycles. The standard InChI is InChI=1S/C14H18N4.2ClH/c1-2-13-11(8-15-17-13)7-12(1)16-14-9-18-5-3-10(14)4-6-18;;/h1-2,7-8,10,14,16H,3-6,9H2,(H,15,17);2*1H. The number of hydrogen-bond acceptors (Lipinski definition) is 3. The van der Waals surface area contributed by atoms with Crippen molar-refractivity contribution in [3.05, 3.63) is 24.4 Å². The minimum atomic E-state index is 0. The van der Waals surface area contributed by atoms with E-state index in [-0.39, 0.29) is 24.8 Å². The van der Waals surface area contributed by atoms with Gasteiger partial charge in [-0.15, -0.1) is 24.8 Å². The molecule has 110 valence electrons. The van der Waals surface area contributed by atoms with Gasteiger partial charge >= 0.3 is 0 Å². The van der Waals surface area contributed by atoms with Gasteiger partial charge in [-0.1, -0.05) is 0 Å². The van der Waals surface area contributed by atoms with Crippen LogP contribution in [0.1, 0.15) is 12.8 Å². The van der Waals surface area contributed by atoms with Crippen LogP contribution in [0.5, 0.6) is 0 Å². The van der Waals surface area contributed by atoms with Crippen LogP contribution in [0.4, 0.5) is 5.69 Å². The Balaban J connectivity index is 0.000000735. The second-order valence-electron chi connectivity index (χ2n) is 5.56. The molecule has 0 saturated carbocycles. The van der Waals surface area contributed by atoms with E-state index >= 15 is 0 Å². The number of anilines is 1. The van der Waals surface area contributed by atoms with E-state index in [0.29, 0.717) is 6.04 Å². The van der Waals surface area contributed by atoms with Gasteiger partial charge in [0.2, 0.25) is 0 Å². The van der Waals surface area contributed by atoms with Crippen molar-refractivity contribution in [3.8, 4) is 0 Å². The van der Waals surface area contributed by atoms with Gasteiger partial charge in [-0.2, -0.15) is 5.10 Å². The third-order valence-corrected chi connectivity index (χ3v) is 4.45. The predicted molar refractivity (Wildman–Crippen MR) is 87.2 cm³/mol. The van der Waals surface area contributed by atoms with Crippen molar-refractivity contribution in [1.82, 2.24) is 15.1 Å². The highest BCUT2D eigenvalue weighted by Crippen LogP contribution is 2.30. The number of hydrogen-bond donors (Lipinski definition) is 2. The van der Waals surface area contributed by atoms with Gasteiger partial charge in [-0.25, -0.2) is 0 Å². The molecule has 3 fully saturated rings. The third-order valence-electron chi connectivity index (χ3n) is 4.45. The Kier molecular flexibility index (Phi) is 4.78. The molecule has 0 radical (unpaired) electrons. The monoisotopic (exact) mass is 314 g/mol. The van der Waals surface area contributed by atoms with E-state index in [2.05, 4.69) is 38.6 Å². The first-order valence-corrected chi connectivity index (χ1v) is 6.80. The summed E-state index contributed by atoms with van der Waals surface area (Å²) < 4.78 is 0. The van der Waals surface area contributed by atoms with Gasteiger partial charge < -0.3 is 10.2 Å². The van der Waals surface area contributed by atoms with Crippen LogP contribution in [-0.4, -0.2) is 40.8 Å². The molecule has 2 aromatic rings. The number of aromatic nitrogens is 2. The van der Waals surface area contributed by atoms with Gasteiger partial charge in [-0.05, 0) is 50.0 Å². The number of H-pyrrole nitrogens is 1. The van der Waals surface area contributed by atoms with Gasteiger partial charge in [0, 0.05) is 23.7 Å². The normalized spacial score (nSPS) is 27.7. The summed E-state index contributed by atoms with van der Waals surface area (Å²) in [5.41, 5.74) is 2.33. The smallest absolute Gasteiger partial charge is 0.0651 e. The SMILES string of the molecule is Cl.Cl.c1cc2[nH]ncc2cc1NC1CN2CCC1CC2. The molecule has 2 bridgehead atoms. The minimum Gasteiger partial charge on any atom is -0.381 e. The van der Waals surface area contributed by atoms with Gasteiger partial charge in [0.25, 0.3) is 0 Å². The van der Waals surface area contributed by atoms with E-state index in [4.69, 9.17) is 0 Å². The van der Waals surface area contributed by atoms with Gasteiger partial charge in [-0.3, -0.25) is 5.10 Å². The number of nitrogens with one attached hydrogen (secondary N) is 2. The zero-order chi connectivity index (χ0) is 11.9. The van der Waals surface area contributed by atoms with Crippen molar-refractivity contribution < 1.29 is 0 Å². The molecule has 6 heteroatoms. The van der Waals surface area contributed by atoms with Crippen LogP contribution < -0.4 is 5.32 Å². The molecule has 3 saturated heterocycles. The lowest BCUT2D eigenvalue weighted by atomic mass is 9.84. The number of aromatic amines is 1. The van der Waals surface area contributed by atoms with Crippen LogP contribution in [0, 0.1) is 5.92 Å². The molecule has 1 aromatic carbocycles. The summed E-state index contributed by atoms with van der Waals surface area (Å²) in [6, 6.07) is 7.07. The highest BCUT2D eigenvalue weighted by atomic mass is 35.5. The Bertz CT molecular complexity index is 563. The Morgan fingerprint density at radius 1 is 1.20 bits per heavy atom. The predicted octanol–water partition coefficient (Wildman–Crippen LogP) is 2.91. The van der Waals surface area contributed by atoms with Gasteiger partial charge in [0.15, 0.2) is 0 Å². The maximum atomic E-state index is 4.07. The zero-order valence-electron chi connectivity index (χ0n) is 11.2. The first-order chi connectivity index (χ1) is 8.88. The third kappa shape index (κ3) is 2.73. The molecule has 2 N–H and O–H groups in total. The van der Waals surface area contributed by atoms with E-state index < -0.39 is 0 Å². The van der Waals surface area contributed by atoms with Crippen molar-refractivity contribution in [2.75, 3.05) is 25.0 Å². The maximum Gasteiger partial charge on any atom is 0.0651 e. The lowest BCUT2D eigenvalue weighted by Crippen LogP contribution is -2.53. The summed E-state index contributed by atoms with van der Waals surface area (Å²) in [6.45, 7) is 3.79. The Labute approximate surface area is 131 Å². The molecule has 0 aliphatic carbocycles. The van der Waals surface area contributed by atoms with Gasteiger partial charge in [0.1, 0.15) is 0 Å². The fourth-order valence-electron chi connectivity index (χ4n) is 3.38. The summed E-state index contributed by atoms with van der Waals surface area (Å²) in [5.74, 6) is 0.857. The van der Waals surface area contributed by atoms with Crippen LogP contribution in [-0.2, 0) is 0 Å². The number of rotatable bonds is 2. The Hall–Kier alpha value is -0.970. The molecule has 0 spiro atoms. The first kappa shape index (κ1) is 15.4. The van der Waals surface area contributed by atoms with Crippen LogP contribution in [0.2, 0.25) is 0 Å². The molecule has 1 unspecified atom stereocenters. The Morgan fingerprint density at radius 2 is 2.00 bits per heavy atom. The molecule has 3 aliphatic rings. The molecule has 1 atom stereocenters. The van der Waals surface area contributed by atoms with E-state index in [1.807, 2.05) is 6.20 Å². The average Bonchev–Trinajstić information content (AvgIpc) is 2.87. The summed E-state index contributed by atoms with van der Waals surface area (Å²) >= 11 is 0. The number of nitrogens with zero attached hydrogens (tertiary/aromatic N) is 2. The summed E-state index contributed by atoms with van der Waals surface area (Å²) in [6.07, 6.45) is 4.59. The highest BCUT2D eigenvalue weighted by Gasteiger charge is 2.33. The van der Waals surface area contributed by atoms with E-state index in [9.17, 15) is 0 Å². The lowest BCUT2D eigenvalue weighted by Gasteiger charge is -2.45. The fourth-order valence-corrected chi connectivity index (χ4v) is 3.38. The summed E-state index contributed by atoms with van der Waals surface area (Å²) in [4.78, 5) is 2.58. The number of piperidine rings is 3. The molecule has 3 aliphatic heterocycles. The lowest BCUT2D eigenvalue weighted by molar-refractivity contribution is 0.0975. The number of benzene rings is 1. The number of fused-ring (bicyclic) bond motifs is 4. The van der Waals surface area contributed by atoms with E-state index in [1.165, 1.54) is 43.5 Å². The minimum absolute atomic E-state index is 0. The molecule has 1 aromatic heterocycles. The zero-order valence-corrected chi connectivity index (χ0v) is 12.8. The van der Waals surface area contributed by atoms with Crippen molar-refractivity contribution in [1.29, 1.82) is 0 Å². The molecule has 20 heavy (non-hydrogen) atoms. The van der Waals surface area contributed by atoms with E-state index in [0.717, 1.165) is 11.4 Å². The van der Waals surface area contributed by atoms with E-state index in [1.54, 1.807) is 0 Å². The second kappa shape index (κ2) is 6.20. The van der Waals surface area contributed by atoms with Crippen molar-refractivity contribution in [3.63, 3.8) is 0 Å². The topological polar surface area (TPSA) is 44.0 Å². The van der Waals surface area contributed by atoms with Crippen molar-refractivity contribution in [2.45, 2.75) is 18.9 Å². The van der Waals surface area contributed by atoms with Crippen LogP contribution in [0.3, 0.4) is 0 Å². The molecule has 5 rings (SSSR count). The summed E-state index contributed by atoms with van der Waals surface area (Å²) in [5, 5.41) is 12.0. The van der Waals surface area contributed by atoms with Crippen molar-refractivity contribution in [2.24, 2.45) is 5.92 Å². The van der Waals surface area contributed by atoms with Crippen LogP contribution in [0.25, 0.3) is 10.9 Å². The highest BCUT2D eigenvalue weighted by molar-refractivity contribution is 5.85. The molecule has 4 nitrogen and oxygen atoms in total. The molecule has 0 amide bonds. The van der Waals surface area contributed by atoms with Gasteiger partial charge in [0.05, 0.1) is 11.7 Å². The maximum absolute atomic E-state index is 4.07. The average molecular weight is 315 g/mol. The fraction of sp³-hybridized carbons (Fsp3) is 0.500. The van der Waals surface area contributed by atoms with Crippen molar-refractivity contribution >= 4 is 41.4 Å². The number of halogens is 2.